The lowest BCUT2D eigenvalue weighted by Crippen LogP contribution is -2.48. The van der Waals surface area contributed by atoms with E-state index in [1.807, 2.05) is 11.7 Å². The molecule has 8 heteroatoms. The summed E-state index contributed by atoms with van der Waals surface area (Å²) in [5, 5.41) is 11.6. The zero-order chi connectivity index (χ0) is 18.7. The summed E-state index contributed by atoms with van der Waals surface area (Å²) in [7, 11) is 3.50. The van der Waals surface area contributed by atoms with Crippen LogP contribution < -0.4 is 10.6 Å². The molecule has 2 aliphatic rings. The Labute approximate surface area is 183 Å². The second kappa shape index (κ2) is 9.21. The van der Waals surface area contributed by atoms with E-state index in [1.54, 1.807) is 7.11 Å². The van der Waals surface area contributed by atoms with Crippen molar-refractivity contribution in [2.75, 3.05) is 20.7 Å². The fourth-order valence-electron chi connectivity index (χ4n) is 3.82. The van der Waals surface area contributed by atoms with Crippen molar-refractivity contribution in [3.8, 4) is 0 Å². The lowest BCUT2D eigenvalue weighted by molar-refractivity contribution is 0.177. The number of hydrogen-bond acceptors (Lipinski definition) is 4. The number of aliphatic imine (C=N–C) groups is 1. The predicted octanol–water partition coefficient (Wildman–Crippen LogP) is 2.25. The molecule has 152 valence electrons. The van der Waals surface area contributed by atoms with Gasteiger partial charge in [-0.3, -0.25) is 4.99 Å². The fourth-order valence-corrected chi connectivity index (χ4v) is 3.82. The molecule has 1 aliphatic carbocycles. The SMILES string of the molecule is CN=C(NCC1(c2ccccc2)CC1)NC1CCc2nc(COC)nn2C1.I. The molecular weight excluding hydrogens is 467 g/mol. The van der Waals surface area contributed by atoms with E-state index >= 15 is 0 Å². The molecule has 0 bridgehead atoms. The van der Waals surface area contributed by atoms with Crippen molar-refractivity contribution < 1.29 is 4.74 Å². The number of fused-ring (bicyclic) bond motifs is 1. The first kappa shape index (κ1) is 21.0. The van der Waals surface area contributed by atoms with Crippen LogP contribution in [0, 0.1) is 0 Å². The summed E-state index contributed by atoms with van der Waals surface area (Å²) in [6, 6.07) is 11.1. The van der Waals surface area contributed by atoms with Crippen molar-refractivity contribution in [3.63, 3.8) is 0 Å². The van der Waals surface area contributed by atoms with Gasteiger partial charge < -0.3 is 15.4 Å². The van der Waals surface area contributed by atoms with Gasteiger partial charge in [0.1, 0.15) is 12.4 Å². The molecule has 1 aliphatic heterocycles. The Morgan fingerprint density at radius 1 is 1.32 bits per heavy atom. The molecule has 0 saturated heterocycles. The number of aryl methyl sites for hydroxylation is 1. The number of halogens is 1. The Kier molecular flexibility index (Phi) is 6.92. The molecule has 1 aromatic carbocycles. The van der Waals surface area contributed by atoms with Gasteiger partial charge in [-0.25, -0.2) is 9.67 Å². The lowest BCUT2D eigenvalue weighted by Gasteiger charge is -2.26. The molecule has 1 unspecified atom stereocenters. The minimum absolute atomic E-state index is 0. The third kappa shape index (κ3) is 4.65. The Balaban J connectivity index is 0.00000225. The van der Waals surface area contributed by atoms with Crippen molar-refractivity contribution in [3.05, 3.63) is 47.5 Å². The topological polar surface area (TPSA) is 76.4 Å². The van der Waals surface area contributed by atoms with Crippen LogP contribution in [-0.4, -0.2) is 47.5 Å². The monoisotopic (exact) mass is 496 g/mol. The molecule has 0 spiro atoms. The molecule has 1 aromatic heterocycles. The number of ether oxygens (including phenoxy) is 1. The molecular formula is C20H29IN6O. The molecule has 4 rings (SSSR count). The molecule has 1 atom stereocenters. The van der Waals surface area contributed by atoms with Crippen LogP contribution in [0.3, 0.4) is 0 Å². The first-order valence-corrected chi connectivity index (χ1v) is 9.67. The number of aromatic nitrogens is 3. The molecule has 1 fully saturated rings. The molecule has 2 heterocycles. The van der Waals surface area contributed by atoms with E-state index < -0.39 is 0 Å². The van der Waals surface area contributed by atoms with E-state index in [9.17, 15) is 0 Å². The number of methoxy groups -OCH3 is 1. The van der Waals surface area contributed by atoms with E-state index in [-0.39, 0.29) is 29.4 Å². The van der Waals surface area contributed by atoms with Gasteiger partial charge in [-0.05, 0) is 24.8 Å². The van der Waals surface area contributed by atoms with E-state index in [2.05, 4.69) is 56.0 Å². The minimum Gasteiger partial charge on any atom is -0.377 e. The van der Waals surface area contributed by atoms with Gasteiger partial charge in [0.05, 0.1) is 6.54 Å². The largest absolute Gasteiger partial charge is 0.377 e. The third-order valence-electron chi connectivity index (χ3n) is 5.57. The van der Waals surface area contributed by atoms with Crippen LogP contribution in [0.1, 0.15) is 36.5 Å². The Morgan fingerprint density at radius 3 is 2.79 bits per heavy atom. The molecule has 1 saturated carbocycles. The first-order chi connectivity index (χ1) is 13.2. The van der Waals surface area contributed by atoms with Crippen LogP contribution in [0.15, 0.2) is 35.3 Å². The van der Waals surface area contributed by atoms with Gasteiger partial charge in [-0.15, -0.1) is 24.0 Å². The number of rotatable bonds is 6. The lowest BCUT2D eigenvalue weighted by atomic mass is 9.96. The van der Waals surface area contributed by atoms with Gasteiger partial charge in [0.2, 0.25) is 0 Å². The summed E-state index contributed by atoms with van der Waals surface area (Å²) in [5.74, 6) is 2.67. The van der Waals surface area contributed by atoms with Crippen molar-refractivity contribution in [2.24, 2.45) is 4.99 Å². The van der Waals surface area contributed by atoms with Crippen LogP contribution in [-0.2, 0) is 29.7 Å². The van der Waals surface area contributed by atoms with Crippen molar-refractivity contribution >= 4 is 29.9 Å². The van der Waals surface area contributed by atoms with Gasteiger partial charge in [0, 0.05) is 38.6 Å². The maximum atomic E-state index is 5.14. The zero-order valence-corrected chi connectivity index (χ0v) is 18.8. The van der Waals surface area contributed by atoms with Gasteiger partial charge >= 0.3 is 0 Å². The van der Waals surface area contributed by atoms with Crippen LogP contribution in [0.5, 0.6) is 0 Å². The first-order valence-electron chi connectivity index (χ1n) is 9.67. The summed E-state index contributed by atoms with van der Waals surface area (Å²) in [6.07, 6.45) is 4.40. The Hall–Kier alpha value is -1.68. The highest BCUT2D eigenvalue weighted by Gasteiger charge is 2.44. The number of guanidine groups is 1. The highest BCUT2D eigenvalue weighted by molar-refractivity contribution is 14.0. The smallest absolute Gasteiger partial charge is 0.191 e. The quantitative estimate of drug-likeness (QED) is 0.365. The van der Waals surface area contributed by atoms with Gasteiger partial charge in [-0.2, -0.15) is 5.10 Å². The van der Waals surface area contributed by atoms with Gasteiger partial charge in [0.15, 0.2) is 11.8 Å². The van der Waals surface area contributed by atoms with Crippen LogP contribution in [0.4, 0.5) is 0 Å². The molecule has 0 radical (unpaired) electrons. The van der Waals surface area contributed by atoms with Gasteiger partial charge in [-0.1, -0.05) is 30.3 Å². The number of hydrogen-bond donors (Lipinski definition) is 2. The molecule has 2 N–H and O–H groups in total. The minimum atomic E-state index is 0. The average Bonchev–Trinajstić information content (AvgIpc) is 3.39. The van der Waals surface area contributed by atoms with E-state index in [4.69, 9.17) is 4.74 Å². The van der Waals surface area contributed by atoms with Gasteiger partial charge in [0.25, 0.3) is 0 Å². The summed E-state index contributed by atoms with van der Waals surface area (Å²) >= 11 is 0. The standard InChI is InChI=1S/C20H28N6O.HI/c1-21-19(22-14-20(10-11-20)15-6-4-3-5-7-15)23-16-8-9-18-24-17(13-27-2)25-26(18)12-16;/h3-7,16H,8-14H2,1-2H3,(H2,21,22,23);1H. The van der Waals surface area contributed by atoms with E-state index in [1.165, 1.54) is 18.4 Å². The summed E-state index contributed by atoms with van der Waals surface area (Å²) < 4.78 is 7.13. The maximum Gasteiger partial charge on any atom is 0.191 e. The fraction of sp³-hybridized carbons (Fsp3) is 0.550. The number of benzene rings is 1. The Bertz CT molecular complexity index is 802. The van der Waals surface area contributed by atoms with Crippen molar-refractivity contribution in [1.29, 1.82) is 0 Å². The predicted molar refractivity (Wildman–Crippen MR) is 120 cm³/mol. The molecule has 7 nitrogen and oxygen atoms in total. The summed E-state index contributed by atoms with van der Waals surface area (Å²) in [6.45, 7) is 2.18. The highest BCUT2D eigenvalue weighted by Crippen LogP contribution is 2.47. The van der Waals surface area contributed by atoms with E-state index in [0.717, 1.165) is 43.5 Å². The highest BCUT2D eigenvalue weighted by atomic mass is 127. The average molecular weight is 496 g/mol. The van der Waals surface area contributed by atoms with E-state index in [0.29, 0.717) is 12.6 Å². The Morgan fingerprint density at radius 2 is 2.11 bits per heavy atom. The van der Waals surface area contributed by atoms with Crippen molar-refractivity contribution in [2.45, 2.75) is 50.3 Å². The third-order valence-corrected chi connectivity index (χ3v) is 5.57. The molecule has 28 heavy (non-hydrogen) atoms. The van der Waals surface area contributed by atoms with Crippen LogP contribution >= 0.6 is 24.0 Å². The zero-order valence-electron chi connectivity index (χ0n) is 16.5. The normalized spacial score (nSPS) is 20.1. The van der Waals surface area contributed by atoms with Crippen molar-refractivity contribution in [1.82, 2.24) is 25.4 Å². The summed E-state index contributed by atoms with van der Waals surface area (Å²) in [5.41, 5.74) is 1.68. The number of nitrogens with one attached hydrogen (secondary N) is 2. The van der Waals surface area contributed by atoms with Crippen LogP contribution in [0.25, 0.3) is 0 Å². The molecule has 2 aromatic rings. The second-order valence-corrected chi connectivity index (χ2v) is 7.51. The molecule has 0 amide bonds. The van der Waals surface area contributed by atoms with Crippen LogP contribution in [0.2, 0.25) is 0 Å². The maximum absolute atomic E-state index is 5.14. The summed E-state index contributed by atoms with van der Waals surface area (Å²) in [4.78, 5) is 8.96. The number of nitrogens with zero attached hydrogens (tertiary/aromatic N) is 4. The second-order valence-electron chi connectivity index (χ2n) is 7.51.